The predicted molar refractivity (Wildman–Crippen MR) is 110 cm³/mol. The lowest BCUT2D eigenvalue weighted by molar-refractivity contribution is -0.136. The number of carboxylic acids is 1. The molecule has 1 N–H and O–H groups in total. The van der Waals surface area contributed by atoms with Gasteiger partial charge in [-0.3, -0.25) is 4.79 Å². The Bertz CT molecular complexity index is 859. The van der Waals surface area contributed by atoms with Crippen molar-refractivity contribution < 1.29 is 19.1 Å². The molecule has 3 rings (SSSR count). The van der Waals surface area contributed by atoms with Crippen LogP contribution in [-0.2, 0) is 17.6 Å². The molecule has 0 spiro atoms. The zero-order valence-electron chi connectivity index (χ0n) is 16.8. The minimum atomic E-state index is -0.889. The summed E-state index contributed by atoms with van der Waals surface area (Å²) in [6.45, 7) is 3.36. The molecule has 0 aromatic heterocycles. The van der Waals surface area contributed by atoms with Gasteiger partial charge in [0.2, 0.25) is 5.91 Å². The topological polar surface area (TPSA) is 57.6 Å². The number of piperidine rings is 1. The third-order valence-corrected chi connectivity index (χ3v) is 5.86. The van der Waals surface area contributed by atoms with Crippen molar-refractivity contribution >= 4 is 11.9 Å². The van der Waals surface area contributed by atoms with Crippen molar-refractivity contribution in [1.29, 1.82) is 0 Å². The molecule has 0 bridgehead atoms. The van der Waals surface area contributed by atoms with E-state index in [0.717, 1.165) is 30.4 Å². The minimum Gasteiger partial charge on any atom is -0.478 e. The maximum atomic E-state index is 13.3. The second kappa shape index (κ2) is 9.68. The molecule has 1 aliphatic heterocycles. The smallest absolute Gasteiger partial charge is 0.335 e. The van der Waals surface area contributed by atoms with E-state index in [9.17, 15) is 19.1 Å². The molecule has 2 aromatic rings. The van der Waals surface area contributed by atoms with Gasteiger partial charge in [-0.15, -0.1) is 0 Å². The number of rotatable bonds is 7. The molecule has 0 saturated carbocycles. The Morgan fingerprint density at radius 3 is 2.55 bits per heavy atom. The second-order valence-corrected chi connectivity index (χ2v) is 8.00. The maximum absolute atomic E-state index is 13.3. The number of aryl methyl sites for hydroxylation is 1. The van der Waals surface area contributed by atoms with Crippen molar-refractivity contribution in [3.05, 3.63) is 71.0 Å². The van der Waals surface area contributed by atoms with Gasteiger partial charge >= 0.3 is 5.97 Å². The van der Waals surface area contributed by atoms with E-state index >= 15 is 0 Å². The van der Waals surface area contributed by atoms with Crippen LogP contribution in [0.1, 0.15) is 47.7 Å². The van der Waals surface area contributed by atoms with Gasteiger partial charge in [-0.05, 0) is 67.3 Å². The van der Waals surface area contributed by atoms with Crippen molar-refractivity contribution in [2.45, 2.75) is 39.0 Å². The average Bonchev–Trinajstić information content (AvgIpc) is 2.72. The zero-order valence-corrected chi connectivity index (χ0v) is 16.8. The first-order chi connectivity index (χ1) is 13.9. The molecule has 4 nitrogen and oxygen atoms in total. The summed E-state index contributed by atoms with van der Waals surface area (Å²) >= 11 is 0. The molecule has 2 aromatic carbocycles. The van der Waals surface area contributed by atoms with Crippen LogP contribution < -0.4 is 0 Å². The van der Waals surface area contributed by atoms with E-state index in [0.29, 0.717) is 37.4 Å². The molecule has 1 unspecified atom stereocenters. The van der Waals surface area contributed by atoms with Gasteiger partial charge in [0.15, 0.2) is 0 Å². The summed E-state index contributed by atoms with van der Waals surface area (Å²) in [4.78, 5) is 26.1. The molecule has 1 atom stereocenters. The van der Waals surface area contributed by atoms with Crippen LogP contribution in [0.5, 0.6) is 0 Å². The number of benzene rings is 2. The van der Waals surface area contributed by atoms with Crippen LogP contribution in [0.3, 0.4) is 0 Å². The Morgan fingerprint density at radius 2 is 1.86 bits per heavy atom. The Labute approximate surface area is 171 Å². The van der Waals surface area contributed by atoms with Crippen LogP contribution in [0, 0.1) is 17.7 Å². The summed E-state index contributed by atoms with van der Waals surface area (Å²) in [5.74, 6) is -0.677. The van der Waals surface area contributed by atoms with E-state index in [1.54, 1.807) is 18.2 Å². The van der Waals surface area contributed by atoms with E-state index < -0.39 is 5.97 Å². The van der Waals surface area contributed by atoms with Gasteiger partial charge in [0.25, 0.3) is 0 Å². The summed E-state index contributed by atoms with van der Waals surface area (Å²) in [5.41, 5.74) is 2.16. The van der Waals surface area contributed by atoms with Crippen LogP contribution in [0.4, 0.5) is 4.39 Å². The number of likely N-dealkylation sites (tertiary alicyclic amines) is 1. The molecular formula is C24H28FNO3. The summed E-state index contributed by atoms with van der Waals surface area (Å²) < 4.78 is 13.3. The van der Waals surface area contributed by atoms with Gasteiger partial charge < -0.3 is 10.0 Å². The van der Waals surface area contributed by atoms with Gasteiger partial charge in [-0.2, -0.15) is 0 Å². The van der Waals surface area contributed by atoms with Crippen molar-refractivity contribution in [3.8, 4) is 0 Å². The minimum absolute atomic E-state index is 0.0949. The highest BCUT2D eigenvalue weighted by molar-refractivity contribution is 5.89. The maximum Gasteiger partial charge on any atom is 0.335 e. The molecule has 1 amide bonds. The van der Waals surface area contributed by atoms with Crippen LogP contribution >= 0.6 is 0 Å². The highest BCUT2D eigenvalue weighted by Gasteiger charge is 2.26. The van der Waals surface area contributed by atoms with Gasteiger partial charge in [-0.1, -0.05) is 37.3 Å². The fraction of sp³-hybridized carbons (Fsp3) is 0.417. The number of aromatic carboxylic acids is 1. The lowest BCUT2D eigenvalue weighted by Gasteiger charge is -2.34. The van der Waals surface area contributed by atoms with Gasteiger partial charge in [0.05, 0.1) is 5.56 Å². The number of amides is 1. The van der Waals surface area contributed by atoms with E-state index in [-0.39, 0.29) is 17.6 Å². The Kier molecular flexibility index (Phi) is 7.02. The highest BCUT2D eigenvalue weighted by Crippen LogP contribution is 2.25. The first-order valence-corrected chi connectivity index (χ1v) is 10.3. The summed E-state index contributed by atoms with van der Waals surface area (Å²) in [6, 6.07) is 13.7. The molecule has 154 valence electrons. The van der Waals surface area contributed by atoms with Crippen molar-refractivity contribution in [2.75, 3.05) is 13.1 Å². The Hall–Kier alpha value is -2.69. The first kappa shape index (κ1) is 21.0. The molecule has 1 heterocycles. The average molecular weight is 397 g/mol. The lowest BCUT2D eigenvalue weighted by Crippen LogP contribution is -2.41. The summed E-state index contributed by atoms with van der Waals surface area (Å²) in [7, 11) is 0. The fourth-order valence-corrected chi connectivity index (χ4v) is 4.09. The first-order valence-electron chi connectivity index (χ1n) is 10.3. The second-order valence-electron chi connectivity index (χ2n) is 8.00. The SMILES string of the molecule is CC(CCc1cccc(F)c1)C(=O)N1CCC(Cc2ccccc2C(=O)O)CC1. The number of nitrogens with zero attached hydrogens (tertiary/aromatic N) is 1. The number of hydrogen-bond donors (Lipinski definition) is 1. The molecule has 1 saturated heterocycles. The van der Waals surface area contributed by atoms with E-state index in [1.807, 2.05) is 30.0 Å². The fourth-order valence-electron chi connectivity index (χ4n) is 4.09. The molecule has 1 aliphatic rings. The normalized spacial score (nSPS) is 15.9. The zero-order chi connectivity index (χ0) is 20.8. The van der Waals surface area contributed by atoms with E-state index in [4.69, 9.17) is 0 Å². The quantitative estimate of drug-likeness (QED) is 0.744. The van der Waals surface area contributed by atoms with Crippen molar-refractivity contribution in [2.24, 2.45) is 11.8 Å². The predicted octanol–water partition coefficient (Wildman–Crippen LogP) is 4.57. The third kappa shape index (κ3) is 5.66. The standard InChI is InChI=1S/C24H28FNO3/c1-17(9-10-18-5-4-7-21(25)16-18)23(27)26-13-11-19(12-14-26)15-20-6-2-3-8-22(20)24(28)29/h2-8,16-17,19H,9-15H2,1H3,(H,28,29). The third-order valence-electron chi connectivity index (χ3n) is 5.86. The molecule has 1 fully saturated rings. The van der Waals surface area contributed by atoms with E-state index in [1.165, 1.54) is 12.1 Å². The van der Waals surface area contributed by atoms with Crippen LogP contribution in [0.2, 0.25) is 0 Å². The molecule has 0 aliphatic carbocycles. The highest BCUT2D eigenvalue weighted by atomic mass is 19.1. The number of carboxylic acid groups (broad SMARTS) is 1. The number of halogens is 1. The lowest BCUT2D eigenvalue weighted by atomic mass is 9.88. The number of carbonyl (C=O) groups excluding carboxylic acids is 1. The molecular weight excluding hydrogens is 369 g/mol. The van der Waals surface area contributed by atoms with Gasteiger partial charge in [0.1, 0.15) is 5.82 Å². The van der Waals surface area contributed by atoms with Crippen LogP contribution in [0.15, 0.2) is 48.5 Å². The van der Waals surface area contributed by atoms with E-state index in [2.05, 4.69) is 0 Å². The van der Waals surface area contributed by atoms with Gasteiger partial charge in [-0.25, -0.2) is 9.18 Å². The van der Waals surface area contributed by atoms with Crippen molar-refractivity contribution in [1.82, 2.24) is 4.90 Å². The molecule has 29 heavy (non-hydrogen) atoms. The Balaban J connectivity index is 1.48. The monoisotopic (exact) mass is 397 g/mol. The number of carbonyl (C=O) groups is 2. The molecule has 0 radical (unpaired) electrons. The Morgan fingerprint density at radius 1 is 1.14 bits per heavy atom. The number of hydrogen-bond acceptors (Lipinski definition) is 2. The summed E-state index contributed by atoms with van der Waals surface area (Å²) in [6.07, 6.45) is 3.90. The van der Waals surface area contributed by atoms with Crippen LogP contribution in [0.25, 0.3) is 0 Å². The van der Waals surface area contributed by atoms with Crippen LogP contribution in [-0.4, -0.2) is 35.0 Å². The summed E-state index contributed by atoms with van der Waals surface area (Å²) in [5, 5.41) is 9.35. The largest absolute Gasteiger partial charge is 0.478 e. The van der Waals surface area contributed by atoms with Gasteiger partial charge in [0, 0.05) is 19.0 Å². The van der Waals surface area contributed by atoms with Crippen molar-refractivity contribution in [3.63, 3.8) is 0 Å². The molecule has 5 heteroatoms.